The number of hydrogen-bond acceptors (Lipinski definition) is 14. The predicted octanol–water partition coefficient (Wildman–Crippen LogP) is 9.86. The Hall–Kier alpha value is -5.14. The second-order valence-electron chi connectivity index (χ2n) is 20.0. The summed E-state index contributed by atoms with van der Waals surface area (Å²) in [7, 11) is 0. The normalized spacial score (nSPS) is 17.1. The molecule has 4 aromatic rings. The van der Waals surface area contributed by atoms with E-state index >= 15 is 0 Å². The lowest BCUT2D eigenvalue weighted by molar-refractivity contribution is -0.135. The third-order valence-corrected chi connectivity index (χ3v) is 15.1. The van der Waals surface area contributed by atoms with Gasteiger partial charge in [0.2, 0.25) is 0 Å². The number of phenols is 2. The topological polar surface area (TPSA) is 208 Å². The van der Waals surface area contributed by atoms with E-state index in [4.69, 9.17) is 33.9 Å². The molecule has 14 nitrogen and oxygen atoms in total. The molecule has 4 heterocycles. The van der Waals surface area contributed by atoms with Gasteiger partial charge in [-0.15, -0.1) is 0 Å². The molecule has 1 unspecified atom stereocenters. The Labute approximate surface area is 433 Å². The van der Waals surface area contributed by atoms with Gasteiger partial charge in [-0.05, 0) is 107 Å². The summed E-state index contributed by atoms with van der Waals surface area (Å²) in [5.41, 5.74) is 17.6. The maximum absolute atomic E-state index is 11.7. The zero-order valence-corrected chi connectivity index (χ0v) is 44.5. The van der Waals surface area contributed by atoms with Crippen molar-refractivity contribution in [2.24, 2.45) is 17.6 Å². The molecule has 7 rings (SSSR count). The third-order valence-electron chi connectivity index (χ3n) is 13.6. The average Bonchev–Trinajstić information content (AvgIpc) is 3.33. The van der Waals surface area contributed by atoms with Crippen molar-refractivity contribution in [2.75, 3.05) is 81.0 Å². The Morgan fingerprint density at radius 1 is 0.944 bits per heavy atom. The zero-order valence-electron chi connectivity index (χ0n) is 42.9. The summed E-state index contributed by atoms with van der Waals surface area (Å²) in [5.74, 6) is 0.987. The molecule has 0 radical (unpaired) electrons. The van der Waals surface area contributed by atoms with E-state index in [2.05, 4.69) is 79.8 Å². The summed E-state index contributed by atoms with van der Waals surface area (Å²) in [4.78, 5) is 31.2. The number of hydrogen-bond donors (Lipinski definition) is 7. The minimum atomic E-state index is -4.43. The largest absolute Gasteiger partial charge is 0.508 e. The zero-order chi connectivity index (χ0) is 52.9. The SMILES string of the molecule is CC(=N)c1cc(C(C)C)c(O)cc1O.CCC(C)C(=N)C(=O)NCC(F)(F)F.Cc1ccc(CN2CCC(CN3CCN(c4cccc(Sc5ncc(N6CCC(C)(N)CC6)nc5N)c4Cl)CC3)CC2)cc1. The van der Waals surface area contributed by atoms with Crippen LogP contribution in [-0.4, -0.2) is 124 Å². The van der Waals surface area contributed by atoms with Crippen molar-refractivity contribution in [1.29, 1.82) is 10.8 Å². The Balaban J connectivity index is 0.000000281. The van der Waals surface area contributed by atoms with Gasteiger partial charge in [0.25, 0.3) is 5.91 Å². The van der Waals surface area contributed by atoms with Crippen molar-refractivity contribution in [1.82, 2.24) is 25.1 Å². The second kappa shape index (κ2) is 26.2. The number of piperazine rings is 1. The first-order chi connectivity index (χ1) is 33.9. The summed E-state index contributed by atoms with van der Waals surface area (Å²) in [6.45, 7) is 22.3. The fourth-order valence-electron chi connectivity index (χ4n) is 8.66. The summed E-state index contributed by atoms with van der Waals surface area (Å²) < 4.78 is 35.0. The molecule has 3 aliphatic heterocycles. The number of halogens is 4. The number of likely N-dealkylation sites (tertiary alicyclic amines) is 1. The summed E-state index contributed by atoms with van der Waals surface area (Å²) in [5, 5.41) is 36.8. The van der Waals surface area contributed by atoms with Crippen LogP contribution in [-0.2, 0) is 11.3 Å². The van der Waals surface area contributed by atoms with Crippen LogP contribution in [0.2, 0.25) is 5.02 Å². The molecule has 1 aromatic heterocycles. The Morgan fingerprint density at radius 2 is 1.58 bits per heavy atom. The minimum Gasteiger partial charge on any atom is -0.508 e. The first kappa shape index (κ1) is 57.8. The Kier molecular flexibility index (Phi) is 21.0. The number of aromatic nitrogens is 2. The third kappa shape index (κ3) is 17.2. The number of anilines is 3. The number of aromatic hydroxyl groups is 2. The van der Waals surface area contributed by atoms with Crippen LogP contribution in [0.1, 0.15) is 102 Å². The van der Waals surface area contributed by atoms with Gasteiger partial charge in [-0.3, -0.25) is 20.0 Å². The van der Waals surface area contributed by atoms with E-state index < -0.39 is 18.6 Å². The second-order valence-corrected chi connectivity index (χ2v) is 21.4. The van der Waals surface area contributed by atoms with Gasteiger partial charge >= 0.3 is 6.18 Å². The van der Waals surface area contributed by atoms with Crippen LogP contribution in [0.25, 0.3) is 0 Å². The number of nitrogens with two attached hydrogens (primary N) is 2. The predicted molar refractivity (Wildman–Crippen MR) is 287 cm³/mol. The number of benzene rings is 3. The maximum Gasteiger partial charge on any atom is 0.405 e. The van der Waals surface area contributed by atoms with E-state index in [1.54, 1.807) is 32.2 Å². The molecule has 3 saturated heterocycles. The lowest BCUT2D eigenvalue weighted by atomic mass is 9.91. The molecule has 0 saturated carbocycles. The average molecular weight is 1040 g/mol. The summed E-state index contributed by atoms with van der Waals surface area (Å²) in [6, 6.07) is 18.2. The Bertz CT molecular complexity index is 2430. The first-order valence-corrected chi connectivity index (χ1v) is 26.1. The number of carbonyl (C=O) groups is 1. The van der Waals surface area contributed by atoms with Crippen molar-refractivity contribution < 1.29 is 28.2 Å². The smallest absolute Gasteiger partial charge is 0.405 e. The van der Waals surface area contributed by atoms with E-state index in [1.807, 2.05) is 26.1 Å². The van der Waals surface area contributed by atoms with Crippen LogP contribution in [0.5, 0.6) is 11.5 Å². The number of amides is 1. The molecule has 1 amide bonds. The van der Waals surface area contributed by atoms with Gasteiger partial charge in [-0.1, -0.05) is 87.0 Å². The van der Waals surface area contributed by atoms with Gasteiger partial charge in [0, 0.05) is 86.1 Å². The highest BCUT2D eigenvalue weighted by molar-refractivity contribution is 7.99. The molecule has 0 aliphatic carbocycles. The van der Waals surface area contributed by atoms with Gasteiger partial charge in [0.1, 0.15) is 28.9 Å². The molecule has 3 aromatic carbocycles. The summed E-state index contributed by atoms with van der Waals surface area (Å²) in [6.07, 6.45) is 2.38. The highest BCUT2D eigenvalue weighted by atomic mass is 35.5. The molecule has 1 atom stereocenters. The van der Waals surface area contributed by atoms with Crippen molar-refractivity contribution in [3.05, 3.63) is 88.1 Å². The number of aryl methyl sites for hydroxylation is 1. The molecular formula is C53H75ClF3N11O3S. The lowest BCUT2D eigenvalue weighted by Crippen LogP contribution is -2.49. The molecule has 394 valence electrons. The van der Waals surface area contributed by atoms with Crippen LogP contribution in [0, 0.1) is 29.6 Å². The van der Waals surface area contributed by atoms with E-state index in [0.29, 0.717) is 28.5 Å². The fraction of sp³-hybridized carbons (Fsp3) is 0.528. The van der Waals surface area contributed by atoms with Gasteiger partial charge < -0.3 is 42.2 Å². The van der Waals surface area contributed by atoms with Gasteiger partial charge in [-0.2, -0.15) is 13.2 Å². The van der Waals surface area contributed by atoms with Crippen molar-refractivity contribution >= 4 is 58.0 Å². The number of phenolic OH excluding ortho intramolecular Hbond substituents is 2. The van der Waals surface area contributed by atoms with Gasteiger partial charge in [0.05, 0.1) is 22.6 Å². The molecule has 3 aliphatic rings. The number of nitrogens with one attached hydrogen (secondary N) is 3. The van der Waals surface area contributed by atoms with E-state index in [0.717, 1.165) is 91.6 Å². The molecule has 0 bridgehead atoms. The number of nitrogen functional groups attached to an aromatic ring is 1. The minimum absolute atomic E-state index is 0.0422. The molecule has 0 spiro atoms. The van der Waals surface area contributed by atoms with E-state index in [-0.39, 0.29) is 34.6 Å². The van der Waals surface area contributed by atoms with Crippen LogP contribution >= 0.6 is 23.4 Å². The van der Waals surface area contributed by atoms with Crippen LogP contribution in [0.15, 0.2) is 70.7 Å². The highest BCUT2D eigenvalue weighted by Gasteiger charge is 2.30. The molecule has 72 heavy (non-hydrogen) atoms. The fourth-order valence-corrected chi connectivity index (χ4v) is 9.83. The molecular weight excluding hydrogens is 963 g/mol. The molecule has 3 fully saturated rings. The van der Waals surface area contributed by atoms with E-state index in [1.165, 1.54) is 61.4 Å². The molecule has 19 heteroatoms. The standard InChI is InChI=1S/C34H47ClN8S.C11H15NO2.C8H13F3N2O/c1-25-6-8-26(9-7-25)23-40-14-10-27(11-15-40)24-41-18-20-42(21-19-41)28-4-3-5-29(31(28)35)44-33-32(36)39-30(22-38-33)43-16-12-34(2,37)13-17-43;1-6(2)8-4-9(7(3)12)11(14)5-10(8)13;1-3-5(2)6(12)7(14)13-4-8(9,10)11/h3-9,22,27H,10-21,23-24,37H2,1-2H3,(H2,36,39);4-6,12-14H,1-3H3;5,12H,3-4H2,1-2H3,(H,13,14). The van der Waals surface area contributed by atoms with Crippen molar-refractivity contribution in [3.8, 4) is 11.5 Å². The lowest BCUT2D eigenvalue weighted by Gasteiger charge is -2.40. The number of nitrogens with zero attached hydrogens (tertiary/aromatic N) is 6. The Morgan fingerprint density at radius 3 is 2.15 bits per heavy atom. The summed E-state index contributed by atoms with van der Waals surface area (Å²) >= 11 is 8.49. The first-order valence-electron chi connectivity index (χ1n) is 24.9. The van der Waals surface area contributed by atoms with Crippen molar-refractivity contribution in [3.63, 3.8) is 0 Å². The number of piperidine rings is 2. The number of alkyl halides is 3. The van der Waals surface area contributed by atoms with Crippen molar-refractivity contribution in [2.45, 2.75) is 115 Å². The number of carbonyl (C=O) groups excluding carboxylic acids is 1. The van der Waals surface area contributed by atoms with Gasteiger partial charge in [0.15, 0.2) is 5.82 Å². The van der Waals surface area contributed by atoms with Crippen LogP contribution in [0.4, 0.5) is 30.5 Å². The van der Waals surface area contributed by atoms with Gasteiger partial charge in [-0.25, -0.2) is 9.97 Å². The van der Waals surface area contributed by atoms with Crippen LogP contribution < -0.4 is 26.6 Å². The monoisotopic (exact) mass is 1040 g/mol. The molecule has 9 N–H and O–H groups in total. The highest BCUT2D eigenvalue weighted by Crippen LogP contribution is 2.40. The maximum atomic E-state index is 11.7. The number of rotatable bonds is 14. The van der Waals surface area contributed by atoms with Crippen LogP contribution in [0.3, 0.4) is 0 Å². The van der Waals surface area contributed by atoms with E-state index in [9.17, 15) is 28.2 Å². The quantitative estimate of drug-likeness (QED) is 0.0589.